The van der Waals surface area contributed by atoms with Crippen molar-refractivity contribution in [3.05, 3.63) is 0 Å². The van der Waals surface area contributed by atoms with Gasteiger partial charge in [0, 0.05) is 6.04 Å². The van der Waals surface area contributed by atoms with E-state index in [0.717, 1.165) is 12.8 Å². The zero-order valence-electron chi connectivity index (χ0n) is 10.1. The van der Waals surface area contributed by atoms with Crippen molar-refractivity contribution >= 4 is 5.91 Å². The number of likely N-dealkylation sites (tertiary alicyclic amines) is 1. The largest absolute Gasteiger partial charge is 0.322 e. The first kappa shape index (κ1) is 11.4. The third-order valence-corrected chi connectivity index (χ3v) is 3.71. The number of fused-ring (bicyclic) bond motifs is 1. The van der Waals surface area contributed by atoms with Crippen LogP contribution in [-0.2, 0) is 4.79 Å². The minimum Gasteiger partial charge on any atom is -0.322 e. The second kappa shape index (κ2) is 3.46. The maximum atomic E-state index is 12.2. The van der Waals surface area contributed by atoms with Gasteiger partial charge in [-0.15, -0.1) is 0 Å². The molecule has 0 aromatic rings. The SMILES string of the molecule is CC(C)(C)C(N)C(=O)N1[C@H](C#N)C[C@@H]2C[C@@H]21. The number of nitriles is 1. The molecule has 1 aliphatic carbocycles. The number of amides is 1. The summed E-state index contributed by atoms with van der Waals surface area (Å²) in [5.74, 6) is 0.504. The third kappa shape index (κ3) is 1.69. The molecule has 16 heavy (non-hydrogen) atoms. The summed E-state index contributed by atoms with van der Waals surface area (Å²) in [5.41, 5.74) is 5.73. The van der Waals surface area contributed by atoms with E-state index in [1.165, 1.54) is 0 Å². The summed E-state index contributed by atoms with van der Waals surface area (Å²) in [7, 11) is 0. The number of hydrogen-bond acceptors (Lipinski definition) is 3. The molecule has 1 aliphatic heterocycles. The van der Waals surface area contributed by atoms with E-state index in [1.54, 1.807) is 4.90 Å². The van der Waals surface area contributed by atoms with E-state index in [2.05, 4.69) is 6.07 Å². The molecule has 1 heterocycles. The summed E-state index contributed by atoms with van der Waals surface area (Å²) in [6, 6.07) is 1.75. The highest BCUT2D eigenvalue weighted by molar-refractivity contribution is 5.84. The lowest BCUT2D eigenvalue weighted by molar-refractivity contribution is -0.135. The highest BCUT2D eigenvalue weighted by atomic mass is 16.2. The van der Waals surface area contributed by atoms with Crippen molar-refractivity contribution in [3.8, 4) is 6.07 Å². The average molecular weight is 221 g/mol. The van der Waals surface area contributed by atoms with Crippen molar-refractivity contribution in [2.24, 2.45) is 17.1 Å². The number of nitrogens with two attached hydrogens (primary N) is 1. The lowest BCUT2D eigenvalue weighted by atomic mass is 9.86. The first-order chi connectivity index (χ1) is 7.36. The summed E-state index contributed by atoms with van der Waals surface area (Å²) in [6.07, 6.45) is 1.89. The predicted molar refractivity (Wildman–Crippen MR) is 60.2 cm³/mol. The van der Waals surface area contributed by atoms with E-state index in [-0.39, 0.29) is 17.4 Å². The Labute approximate surface area is 96.4 Å². The van der Waals surface area contributed by atoms with Gasteiger partial charge in [-0.3, -0.25) is 4.79 Å². The lowest BCUT2D eigenvalue weighted by Crippen LogP contribution is -2.52. The third-order valence-electron chi connectivity index (χ3n) is 3.71. The molecule has 2 aliphatic rings. The molecule has 2 fully saturated rings. The van der Waals surface area contributed by atoms with E-state index in [1.807, 2.05) is 20.8 Å². The maximum absolute atomic E-state index is 12.2. The smallest absolute Gasteiger partial charge is 0.241 e. The van der Waals surface area contributed by atoms with Crippen LogP contribution in [-0.4, -0.2) is 28.9 Å². The van der Waals surface area contributed by atoms with E-state index in [9.17, 15) is 4.79 Å². The number of piperidine rings is 1. The van der Waals surface area contributed by atoms with Gasteiger partial charge in [-0.2, -0.15) is 5.26 Å². The molecule has 1 saturated heterocycles. The van der Waals surface area contributed by atoms with Crippen molar-refractivity contribution in [3.63, 3.8) is 0 Å². The molecule has 0 radical (unpaired) electrons. The van der Waals surface area contributed by atoms with E-state index >= 15 is 0 Å². The first-order valence-corrected chi connectivity index (χ1v) is 5.83. The van der Waals surface area contributed by atoms with Crippen LogP contribution in [0, 0.1) is 22.7 Å². The molecule has 1 unspecified atom stereocenters. The van der Waals surface area contributed by atoms with E-state index in [0.29, 0.717) is 12.0 Å². The molecule has 2 N–H and O–H groups in total. The average Bonchev–Trinajstić information content (AvgIpc) is 2.86. The van der Waals surface area contributed by atoms with Gasteiger partial charge in [-0.05, 0) is 24.2 Å². The van der Waals surface area contributed by atoms with Crippen LogP contribution in [0.1, 0.15) is 33.6 Å². The molecule has 0 aromatic heterocycles. The Balaban J connectivity index is 2.13. The van der Waals surface area contributed by atoms with Crippen molar-refractivity contribution < 1.29 is 4.79 Å². The normalized spacial score (nSPS) is 34.2. The fraction of sp³-hybridized carbons (Fsp3) is 0.833. The highest BCUT2D eigenvalue weighted by Crippen LogP contribution is 2.48. The summed E-state index contributed by atoms with van der Waals surface area (Å²) in [5, 5.41) is 9.02. The van der Waals surface area contributed by atoms with E-state index < -0.39 is 6.04 Å². The second-order valence-electron chi connectivity index (χ2n) is 6.03. The molecule has 0 bridgehead atoms. The maximum Gasteiger partial charge on any atom is 0.241 e. The van der Waals surface area contributed by atoms with Crippen LogP contribution >= 0.6 is 0 Å². The Bertz CT molecular complexity index is 352. The van der Waals surface area contributed by atoms with Crippen LogP contribution in [0.3, 0.4) is 0 Å². The molecule has 4 heteroatoms. The number of carbonyl (C=O) groups is 1. The fourth-order valence-electron chi connectivity index (χ4n) is 2.42. The van der Waals surface area contributed by atoms with Crippen LogP contribution in [0.4, 0.5) is 0 Å². The molecule has 1 amide bonds. The zero-order chi connectivity index (χ0) is 12.1. The Morgan fingerprint density at radius 2 is 2.12 bits per heavy atom. The number of nitrogens with zero attached hydrogens (tertiary/aromatic N) is 2. The Morgan fingerprint density at radius 1 is 1.50 bits per heavy atom. The van der Waals surface area contributed by atoms with Gasteiger partial charge in [-0.1, -0.05) is 20.8 Å². The van der Waals surface area contributed by atoms with Crippen LogP contribution in [0.5, 0.6) is 0 Å². The lowest BCUT2D eigenvalue weighted by Gasteiger charge is -2.32. The zero-order valence-corrected chi connectivity index (χ0v) is 10.1. The Morgan fingerprint density at radius 3 is 2.62 bits per heavy atom. The molecular formula is C12H19N3O. The van der Waals surface area contributed by atoms with Gasteiger partial charge >= 0.3 is 0 Å². The summed E-state index contributed by atoms with van der Waals surface area (Å²) < 4.78 is 0. The van der Waals surface area contributed by atoms with Crippen LogP contribution in [0.25, 0.3) is 0 Å². The minimum atomic E-state index is -0.511. The molecule has 88 valence electrons. The molecule has 2 rings (SSSR count). The minimum absolute atomic E-state index is 0.0518. The molecular weight excluding hydrogens is 202 g/mol. The number of carbonyl (C=O) groups excluding carboxylic acids is 1. The molecule has 1 saturated carbocycles. The van der Waals surface area contributed by atoms with Crippen molar-refractivity contribution in [2.75, 3.05) is 0 Å². The van der Waals surface area contributed by atoms with Gasteiger partial charge in [-0.25, -0.2) is 0 Å². The summed E-state index contributed by atoms with van der Waals surface area (Å²) in [6.45, 7) is 5.87. The van der Waals surface area contributed by atoms with Crippen molar-refractivity contribution in [1.29, 1.82) is 5.26 Å². The van der Waals surface area contributed by atoms with Crippen LogP contribution in [0.2, 0.25) is 0 Å². The summed E-state index contributed by atoms with van der Waals surface area (Å²) in [4.78, 5) is 14.0. The van der Waals surface area contributed by atoms with Crippen LogP contribution in [0.15, 0.2) is 0 Å². The molecule has 0 spiro atoms. The van der Waals surface area contributed by atoms with Crippen molar-refractivity contribution in [2.45, 2.75) is 51.7 Å². The Hall–Kier alpha value is -1.08. The van der Waals surface area contributed by atoms with Gasteiger partial charge in [0.25, 0.3) is 0 Å². The quantitative estimate of drug-likeness (QED) is 0.714. The van der Waals surface area contributed by atoms with Gasteiger partial charge in [0.2, 0.25) is 5.91 Å². The van der Waals surface area contributed by atoms with Gasteiger partial charge in [0.1, 0.15) is 6.04 Å². The number of rotatable bonds is 1. The molecule has 0 aromatic carbocycles. The topological polar surface area (TPSA) is 70.1 Å². The van der Waals surface area contributed by atoms with Gasteiger partial charge in [0.05, 0.1) is 12.1 Å². The van der Waals surface area contributed by atoms with Gasteiger partial charge < -0.3 is 10.6 Å². The number of hydrogen-bond donors (Lipinski definition) is 1. The monoisotopic (exact) mass is 221 g/mol. The van der Waals surface area contributed by atoms with E-state index in [4.69, 9.17) is 11.0 Å². The first-order valence-electron chi connectivity index (χ1n) is 5.83. The highest BCUT2D eigenvalue weighted by Gasteiger charge is 2.55. The standard InChI is InChI=1S/C12H19N3O/c1-12(2,3)10(14)11(16)15-8(6-13)4-7-5-9(7)15/h7-10H,4-5,14H2,1-3H3/t7-,8+,9+,10?/m1/s1. The predicted octanol–water partition coefficient (Wildman–Crippen LogP) is 0.873. The van der Waals surface area contributed by atoms with Gasteiger partial charge in [0.15, 0.2) is 0 Å². The van der Waals surface area contributed by atoms with Crippen molar-refractivity contribution in [1.82, 2.24) is 4.90 Å². The Kier molecular flexibility index (Phi) is 2.47. The summed E-state index contributed by atoms with van der Waals surface area (Å²) >= 11 is 0. The molecule has 4 nitrogen and oxygen atoms in total. The second-order valence-corrected chi connectivity index (χ2v) is 6.03. The van der Waals surface area contributed by atoms with Crippen LogP contribution < -0.4 is 5.73 Å². The molecule has 4 atom stereocenters. The fourth-order valence-corrected chi connectivity index (χ4v) is 2.42.